The summed E-state index contributed by atoms with van der Waals surface area (Å²) in [6, 6.07) is 5.53. The summed E-state index contributed by atoms with van der Waals surface area (Å²) in [4.78, 5) is 11.6. The van der Waals surface area contributed by atoms with Gasteiger partial charge >= 0.3 is 6.03 Å². The van der Waals surface area contributed by atoms with E-state index in [2.05, 4.69) is 15.0 Å². The van der Waals surface area contributed by atoms with E-state index >= 15 is 0 Å². The number of aromatic nitrogens is 1. The number of hydrogen-bond acceptors (Lipinski definition) is 4. The number of fused-ring (bicyclic) bond motifs is 1. The Morgan fingerprint density at radius 2 is 2.39 bits per heavy atom. The van der Waals surface area contributed by atoms with Gasteiger partial charge in [-0.1, -0.05) is 0 Å². The van der Waals surface area contributed by atoms with Gasteiger partial charge in [-0.25, -0.2) is 4.79 Å². The lowest BCUT2D eigenvalue weighted by atomic mass is 10.2. The number of nitrogens with one attached hydrogen (secondary N) is 2. The van der Waals surface area contributed by atoms with Gasteiger partial charge in [-0.3, -0.25) is 0 Å². The minimum Gasteiger partial charge on any atom is -0.385 e. The zero-order valence-electron chi connectivity index (χ0n) is 10.1. The zero-order valence-corrected chi connectivity index (χ0v) is 10.9. The fourth-order valence-electron chi connectivity index (χ4n) is 1.54. The zero-order chi connectivity index (χ0) is 12.8. The maximum atomic E-state index is 11.6. The Morgan fingerprint density at radius 3 is 3.22 bits per heavy atom. The molecule has 5 nitrogen and oxygen atoms in total. The van der Waals surface area contributed by atoms with Gasteiger partial charge in [0.25, 0.3) is 0 Å². The summed E-state index contributed by atoms with van der Waals surface area (Å²) in [5.41, 5.74) is 0.770. The molecule has 18 heavy (non-hydrogen) atoms. The third-order valence-electron chi connectivity index (χ3n) is 2.42. The van der Waals surface area contributed by atoms with Crippen LogP contribution in [0.4, 0.5) is 10.5 Å². The third kappa shape index (κ3) is 3.41. The minimum absolute atomic E-state index is 0.200. The molecule has 0 atom stereocenters. The number of urea groups is 1. The highest BCUT2D eigenvalue weighted by Crippen LogP contribution is 2.21. The second-order valence-electron chi connectivity index (χ2n) is 3.81. The largest absolute Gasteiger partial charge is 0.385 e. The Hall–Kier alpha value is -1.66. The SMILES string of the molecule is COCCCNC(=O)Nc1ccc2sncc2c1. The van der Waals surface area contributed by atoms with Crippen LogP contribution in [0, 0.1) is 0 Å². The van der Waals surface area contributed by atoms with Crippen LogP contribution in [0.15, 0.2) is 24.4 Å². The van der Waals surface area contributed by atoms with Gasteiger partial charge in [-0.05, 0) is 36.2 Å². The van der Waals surface area contributed by atoms with Gasteiger partial charge in [0, 0.05) is 37.5 Å². The molecular weight excluding hydrogens is 250 g/mol. The fraction of sp³-hybridized carbons (Fsp3) is 0.333. The molecule has 0 radical (unpaired) electrons. The summed E-state index contributed by atoms with van der Waals surface area (Å²) >= 11 is 1.44. The molecule has 96 valence electrons. The van der Waals surface area contributed by atoms with Crippen molar-refractivity contribution in [3.05, 3.63) is 24.4 Å². The summed E-state index contributed by atoms with van der Waals surface area (Å²) in [6.45, 7) is 1.24. The summed E-state index contributed by atoms with van der Waals surface area (Å²) in [6.07, 6.45) is 2.60. The van der Waals surface area contributed by atoms with E-state index in [1.807, 2.05) is 18.2 Å². The highest BCUT2D eigenvalue weighted by molar-refractivity contribution is 7.13. The van der Waals surface area contributed by atoms with Crippen molar-refractivity contribution in [2.75, 3.05) is 25.6 Å². The Morgan fingerprint density at radius 1 is 1.50 bits per heavy atom. The monoisotopic (exact) mass is 265 g/mol. The molecule has 1 aromatic heterocycles. The molecule has 0 saturated heterocycles. The van der Waals surface area contributed by atoms with E-state index < -0.39 is 0 Å². The van der Waals surface area contributed by atoms with Gasteiger partial charge in [0.05, 0.1) is 4.70 Å². The molecule has 2 N–H and O–H groups in total. The first-order chi connectivity index (χ1) is 8.79. The predicted octanol–water partition coefficient (Wildman–Crippen LogP) is 2.45. The van der Waals surface area contributed by atoms with Gasteiger partial charge < -0.3 is 15.4 Å². The van der Waals surface area contributed by atoms with Crippen molar-refractivity contribution in [1.29, 1.82) is 0 Å². The molecule has 0 fully saturated rings. The van der Waals surface area contributed by atoms with E-state index in [9.17, 15) is 4.79 Å². The third-order valence-corrected chi connectivity index (χ3v) is 3.20. The van der Waals surface area contributed by atoms with Crippen LogP contribution in [0.2, 0.25) is 0 Å². The van der Waals surface area contributed by atoms with Crippen molar-refractivity contribution in [3.63, 3.8) is 0 Å². The minimum atomic E-state index is -0.200. The average Bonchev–Trinajstić information content (AvgIpc) is 2.82. The number of carbonyl (C=O) groups excluding carboxylic acids is 1. The number of rotatable bonds is 5. The smallest absolute Gasteiger partial charge is 0.319 e. The highest BCUT2D eigenvalue weighted by Gasteiger charge is 2.02. The molecule has 0 aliphatic rings. The standard InChI is InChI=1S/C12H15N3O2S/c1-17-6-2-5-13-12(16)15-10-3-4-11-9(7-10)8-14-18-11/h3-4,7-8H,2,5-6H2,1H3,(H2,13,15,16). The van der Waals surface area contributed by atoms with Crippen molar-refractivity contribution in [1.82, 2.24) is 9.69 Å². The summed E-state index contributed by atoms with van der Waals surface area (Å²) in [7, 11) is 1.64. The van der Waals surface area contributed by atoms with Crippen LogP contribution in [-0.4, -0.2) is 30.7 Å². The molecule has 2 aromatic rings. The number of anilines is 1. The van der Waals surface area contributed by atoms with E-state index in [1.165, 1.54) is 11.5 Å². The van der Waals surface area contributed by atoms with Gasteiger partial charge in [0.2, 0.25) is 0 Å². The van der Waals surface area contributed by atoms with Crippen LogP contribution < -0.4 is 10.6 Å². The number of hydrogen-bond donors (Lipinski definition) is 2. The number of nitrogens with zero attached hydrogens (tertiary/aromatic N) is 1. The molecule has 1 heterocycles. The highest BCUT2D eigenvalue weighted by atomic mass is 32.1. The van der Waals surface area contributed by atoms with Gasteiger partial charge in [0.15, 0.2) is 0 Å². The van der Waals surface area contributed by atoms with Crippen molar-refractivity contribution < 1.29 is 9.53 Å². The summed E-state index contributed by atoms with van der Waals surface area (Å²) in [5.74, 6) is 0. The molecular formula is C12H15N3O2S. The topological polar surface area (TPSA) is 63.2 Å². The Bertz CT molecular complexity index is 527. The number of carbonyl (C=O) groups is 1. The van der Waals surface area contributed by atoms with Crippen molar-refractivity contribution in [2.45, 2.75) is 6.42 Å². The molecule has 0 unspecified atom stereocenters. The number of ether oxygens (including phenoxy) is 1. The van der Waals surface area contributed by atoms with E-state index in [1.54, 1.807) is 13.3 Å². The maximum Gasteiger partial charge on any atom is 0.319 e. The number of methoxy groups -OCH3 is 1. The molecule has 2 rings (SSSR count). The van der Waals surface area contributed by atoms with Crippen LogP contribution in [0.5, 0.6) is 0 Å². The van der Waals surface area contributed by atoms with E-state index in [0.717, 1.165) is 22.2 Å². The Balaban J connectivity index is 1.86. The van der Waals surface area contributed by atoms with Crippen molar-refractivity contribution >= 4 is 33.3 Å². The van der Waals surface area contributed by atoms with Gasteiger partial charge in [-0.15, -0.1) is 0 Å². The van der Waals surface area contributed by atoms with E-state index in [4.69, 9.17) is 4.74 Å². The second kappa shape index (κ2) is 6.32. The lowest BCUT2D eigenvalue weighted by Gasteiger charge is -2.07. The van der Waals surface area contributed by atoms with E-state index in [0.29, 0.717) is 13.2 Å². The quantitative estimate of drug-likeness (QED) is 0.816. The molecule has 2 amide bonds. The van der Waals surface area contributed by atoms with Crippen LogP contribution >= 0.6 is 11.5 Å². The normalized spacial score (nSPS) is 10.5. The first kappa shape index (κ1) is 12.8. The van der Waals surface area contributed by atoms with Crippen molar-refractivity contribution in [3.8, 4) is 0 Å². The predicted molar refractivity (Wildman–Crippen MR) is 73.1 cm³/mol. The first-order valence-electron chi connectivity index (χ1n) is 5.68. The average molecular weight is 265 g/mol. The lowest BCUT2D eigenvalue weighted by molar-refractivity contribution is 0.194. The molecule has 0 bridgehead atoms. The molecule has 0 spiro atoms. The first-order valence-corrected chi connectivity index (χ1v) is 6.45. The molecule has 0 aliphatic heterocycles. The molecule has 1 aromatic carbocycles. The van der Waals surface area contributed by atoms with Gasteiger partial charge in [0.1, 0.15) is 0 Å². The summed E-state index contributed by atoms with van der Waals surface area (Å²) in [5, 5.41) is 6.59. The van der Waals surface area contributed by atoms with Crippen LogP contribution in [-0.2, 0) is 4.74 Å². The fourth-order valence-corrected chi connectivity index (χ4v) is 2.17. The molecule has 6 heteroatoms. The molecule has 0 aliphatic carbocycles. The summed E-state index contributed by atoms with van der Waals surface area (Å²) < 4.78 is 10.1. The number of benzene rings is 1. The van der Waals surface area contributed by atoms with Crippen molar-refractivity contribution in [2.24, 2.45) is 0 Å². The Kier molecular flexibility index (Phi) is 4.49. The lowest BCUT2D eigenvalue weighted by Crippen LogP contribution is -2.29. The second-order valence-corrected chi connectivity index (χ2v) is 4.64. The maximum absolute atomic E-state index is 11.6. The van der Waals surface area contributed by atoms with Crippen LogP contribution in [0.3, 0.4) is 0 Å². The number of amides is 2. The van der Waals surface area contributed by atoms with Gasteiger partial charge in [-0.2, -0.15) is 4.37 Å². The van der Waals surface area contributed by atoms with Crippen LogP contribution in [0.1, 0.15) is 6.42 Å². The molecule has 0 saturated carbocycles. The van der Waals surface area contributed by atoms with Crippen LogP contribution in [0.25, 0.3) is 10.1 Å². The Labute approximate surface area is 109 Å². The van der Waals surface area contributed by atoms with E-state index in [-0.39, 0.29) is 6.03 Å².